The number of thiocarbonyl (C=S) groups is 1. The standard InChI is InChI=1S/C25H26N2O2S/c1-3-18(2)22-14-7-8-15-23(22)26-25(30)27-24(28)20-12-9-13-21(16-20)29-17-19-10-5-4-6-11-19/h4-16,18H,3,17H2,1-2H3,(H2,26,27,28,30)/t18-/m1/s1. The Morgan fingerprint density at radius 2 is 1.73 bits per heavy atom. The Morgan fingerprint density at radius 3 is 2.50 bits per heavy atom. The highest BCUT2D eigenvalue weighted by molar-refractivity contribution is 7.80. The summed E-state index contributed by atoms with van der Waals surface area (Å²) in [5.74, 6) is 0.747. The molecule has 1 atom stereocenters. The second-order valence-electron chi connectivity index (χ2n) is 7.11. The number of benzene rings is 3. The van der Waals surface area contributed by atoms with E-state index in [2.05, 4.69) is 30.5 Å². The van der Waals surface area contributed by atoms with Gasteiger partial charge in [0.1, 0.15) is 12.4 Å². The van der Waals surface area contributed by atoms with Gasteiger partial charge in [0.2, 0.25) is 0 Å². The molecule has 0 fully saturated rings. The normalized spacial score (nSPS) is 11.4. The van der Waals surface area contributed by atoms with Gasteiger partial charge >= 0.3 is 0 Å². The smallest absolute Gasteiger partial charge is 0.257 e. The van der Waals surface area contributed by atoms with Crippen LogP contribution in [0.15, 0.2) is 78.9 Å². The molecule has 0 spiro atoms. The lowest BCUT2D eigenvalue weighted by molar-refractivity contribution is 0.0977. The summed E-state index contributed by atoms with van der Waals surface area (Å²) in [7, 11) is 0. The Bertz CT molecular complexity index is 1000. The molecule has 0 bridgehead atoms. The fourth-order valence-electron chi connectivity index (χ4n) is 3.06. The van der Waals surface area contributed by atoms with Crippen molar-refractivity contribution in [2.45, 2.75) is 32.8 Å². The van der Waals surface area contributed by atoms with Crippen LogP contribution in [0.2, 0.25) is 0 Å². The van der Waals surface area contributed by atoms with Crippen molar-refractivity contribution >= 4 is 28.9 Å². The molecular formula is C25H26N2O2S. The van der Waals surface area contributed by atoms with Gasteiger partial charge in [-0.3, -0.25) is 10.1 Å². The molecule has 0 aliphatic carbocycles. The van der Waals surface area contributed by atoms with Gasteiger partial charge in [-0.15, -0.1) is 0 Å². The van der Waals surface area contributed by atoms with E-state index in [-0.39, 0.29) is 11.0 Å². The first kappa shape index (κ1) is 21.5. The van der Waals surface area contributed by atoms with Crippen LogP contribution in [0.25, 0.3) is 0 Å². The van der Waals surface area contributed by atoms with E-state index in [0.29, 0.717) is 23.8 Å². The van der Waals surface area contributed by atoms with E-state index < -0.39 is 0 Å². The number of ether oxygens (including phenoxy) is 1. The van der Waals surface area contributed by atoms with Crippen molar-refractivity contribution in [3.05, 3.63) is 95.6 Å². The summed E-state index contributed by atoms with van der Waals surface area (Å²) in [4.78, 5) is 12.7. The minimum absolute atomic E-state index is 0.270. The second-order valence-corrected chi connectivity index (χ2v) is 7.52. The van der Waals surface area contributed by atoms with E-state index >= 15 is 0 Å². The van der Waals surface area contributed by atoms with Gasteiger partial charge in [0.15, 0.2) is 5.11 Å². The molecule has 154 valence electrons. The zero-order valence-electron chi connectivity index (χ0n) is 17.2. The van der Waals surface area contributed by atoms with Gasteiger partial charge in [0.05, 0.1) is 0 Å². The van der Waals surface area contributed by atoms with Crippen LogP contribution >= 0.6 is 12.2 Å². The van der Waals surface area contributed by atoms with E-state index in [1.54, 1.807) is 18.2 Å². The van der Waals surface area contributed by atoms with Crippen LogP contribution in [0.5, 0.6) is 5.75 Å². The number of anilines is 1. The van der Waals surface area contributed by atoms with Gasteiger partial charge < -0.3 is 10.1 Å². The highest BCUT2D eigenvalue weighted by Crippen LogP contribution is 2.26. The van der Waals surface area contributed by atoms with Crippen molar-refractivity contribution in [3.8, 4) is 5.75 Å². The average molecular weight is 419 g/mol. The number of hydrogen-bond donors (Lipinski definition) is 2. The first-order valence-corrected chi connectivity index (χ1v) is 10.5. The van der Waals surface area contributed by atoms with Crippen molar-refractivity contribution in [1.82, 2.24) is 5.32 Å². The van der Waals surface area contributed by atoms with E-state index in [1.807, 2.05) is 54.6 Å². The summed E-state index contributed by atoms with van der Waals surface area (Å²) in [5.41, 5.74) is 3.64. The lowest BCUT2D eigenvalue weighted by Gasteiger charge is -2.17. The second kappa shape index (κ2) is 10.6. The molecule has 0 aliphatic heterocycles. The minimum atomic E-state index is -0.279. The predicted octanol–water partition coefficient (Wildman–Crippen LogP) is 5.91. The number of para-hydroxylation sites is 1. The monoisotopic (exact) mass is 418 g/mol. The van der Waals surface area contributed by atoms with Crippen molar-refractivity contribution in [2.75, 3.05) is 5.32 Å². The first-order chi connectivity index (χ1) is 14.6. The maximum atomic E-state index is 12.7. The topological polar surface area (TPSA) is 50.4 Å². The third-order valence-electron chi connectivity index (χ3n) is 4.92. The molecule has 0 unspecified atom stereocenters. The largest absolute Gasteiger partial charge is 0.489 e. The lowest BCUT2D eigenvalue weighted by atomic mass is 9.97. The molecule has 4 nitrogen and oxygen atoms in total. The molecule has 0 aromatic heterocycles. The molecule has 3 aromatic carbocycles. The third kappa shape index (κ3) is 5.91. The zero-order valence-corrected chi connectivity index (χ0v) is 18.0. The highest BCUT2D eigenvalue weighted by Gasteiger charge is 2.12. The maximum Gasteiger partial charge on any atom is 0.257 e. The molecule has 0 radical (unpaired) electrons. The summed E-state index contributed by atoms with van der Waals surface area (Å²) in [6.45, 7) is 4.76. The number of carbonyl (C=O) groups excluding carboxylic acids is 1. The fourth-order valence-corrected chi connectivity index (χ4v) is 3.26. The number of nitrogens with one attached hydrogen (secondary N) is 2. The molecule has 3 aromatic rings. The summed E-state index contributed by atoms with van der Waals surface area (Å²) in [6, 6.07) is 25.0. The molecular weight excluding hydrogens is 392 g/mol. The lowest BCUT2D eigenvalue weighted by Crippen LogP contribution is -2.34. The molecule has 0 saturated heterocycles. The van der Waals surface area contributed by atoms with Gasteiger partial charge in [0.25, 0.3) is 5.91 Å². The van der Waals surface area contributed by atoms with E-state index in [9.17, 15) is 4.79 Å². The molecule has 2 N–H and O–H groups in total. The number of amides is 1. The van der Waals surface area contributed by atoms with Crippen molar-refractivity contribution in [2.24, 2.45) is 0 Å². The van der Waals surface area contributed by atoms with E-state index in [4.69, 9.17) is 17.0 Å². The molecule has 0 heterocycles. The Kier molecular flexibility index (Phi) is 7.57. The summed E-state index contributed by atoms with van der Waals surface area (Å²) in [5, 5.41) is 6.18. The van der Waals surface area contributed by atoms with Crippen molar-refractivity contribution < 1.29 is 9.53 Å². The van der Waals surface area contributed by atoms with Crippen LogP contribution in [0.3, 0.4) is 0 Å². The van der Waals surface area contributed by atoms with Crippen molar-refractivity contribution in [1.29, 1.82) is 0 Å². The SMILES string of the molecule is CC[C@@H](C)c1ccccc1NC(=S)NC(=O)c1cccc(OCc2ccccc2)c1. The fraction of sp³-hybridized carbons (Fsp3) is 0.200. The van der Waals surface area contributed by atoms with E-state index in [1.165, 1.54) is 5.56 Å². The number of carbonyl (C=O) groups is 1. The summed E-state index contributed by atoms with van der Waals surface area (Å²) >= 11 is 5.37. The third-order valence-corrected chi connectivity index (χ3v) is 5.13. The number of hydrogen-bond acceptors (Lipinski definition) is 3. The van der Waals surface area contributed by atoms with Crippen LogP contribution < -0.4 is 15.4 Å². The van der Waals surface area contributed by atoms with Gasteiger partial charge in [-0.1, -0.05) is 68.4 Å². The molecule has 30 heavy (non-hydrogen) atoms. The van der Waals surface area contributed by atoms with Gasteiger partial charge in [-0.25, -0.2) is 0 Å². The Morgan fingerprint density at radius 1 is 1.00 bits per heavy atom. The highest BCUT2D eigenvalue weighted by atomic mass is 32.1. The Labute approximate surface area is 183 Å². The zero-order chi connectivity index (χ0) is 21.3. The molecule has 1 amide bonds. The Hall–Kier alpha value is -3.18. The van der Waals surface area contributed by atoms with Crippen LogP contribution in [0.4, 0.5) is 5.69 Å². The summed E-state index contributed by atoms with van der Waals surface area (Å²) in [6.07, 6.45) is 1.02. The van der Waals surface area contributed by atoms with Crippen LogP contribution in [0.1, 0.15) is 47.7 Å². The molecule has 0 saturated carbocycles. The maximum absolute atomic E-state index is 12.7. The van der Waals surface area contributed by atoms with Crippen LogP contribution in [-0.4, -0.2) is 11.0 Å². The summed E-state index contributed by atoms with van der Waals surface area (Å²) < 4.78 is 5.81. The van der Waals surface area contributed by atoms with Crippen LogP contribution in [-0.2, 0) is 6.61 Å². The molecule has 0 aliphatic rings. The van der Waals surface area contributed by atoms with Crippen molar-refractivity contribution in [3.63, 3.8) is 0 Å². The molecule has 5 heteroatoms. The van der Waals surface area contributed by atoms with Gasteiger partial charge in [0, 0.05) is 11.3 Å². The predicted molar refractivity (Wildman–Crippen MR) is 126 cm³/mol. The molecule has 3 rings (SSSR count). The number of rotatable bonds is 7. The Balaban J connectivity index is 1.61. The van der Waals surface area contributed by atoms with Crippen LogP contribution in [0, 0.1) is 0 Å². The minimum Gasteiger partial charge on any atom is -0.489 e. The van der Waals surface area contributed by atoms with Gasteiger partial charge in [-0.2, -0.15) is 0 Å². The van der Waals surface area contributed by atoms with E-state index in [0.717, 1.165) is 17.7 Å². The van der Waals surface area contributed by atoms with Gasteiger partial charge in [-0.05, 0) is 59.9 Å². The first-order valence-electron chi connectivity index (χ1n) is 10.0. The quantitative estimate of drug-likeness (QED) is 0.469. The average Bonchev–Trinajstić information content (AvgIpc) is 2.78.